The number of ether oxygens (including phenoxy) is 1. The molecule has 2 unspecified atom stereocenters. The summed E-state index contributed by atoms with van der Waals surface area (Å²) in [6.45, 7) is 2.04. The first-order valence-corrected chi connectivity index (χ1v) is 12.5. The molecule has 7 nitrogen and oxygen atoms in total. The van der Waals surface area contributed by atoms with Crippen LogP contribution in [0.2, 0.25) is 0 Å². The van der Waals surface area contributed by atoms with Crippen LogP contribution >= 0.6 is 11.3 Å². The van der Waals surface area contributed by atoms with Crippen molar-refractivity contribution in [1.82, 2.24) is 10.6 Å². The summed E-state index contributed by atoms with van der Waals surface area (Å²) in [6.07, 6.45) is -0.144. The number of nitrogens with one attached hydrogen (secondary N) is 2. The zero-order chi connectivity index (χ0) is 24.8. The van der Waals surface area contributed by atoms with Crippen LogP contribution in [0.15, 0.2) is 66.0 Å². The highest BCUT2D eigenvalue weighted by atomic mass is 32.1. The summed E-state index contributed by atoms with van der Waals surface area (Å²) < 4.78 is 5.56. The Morgan fingerprint density at radius 2 is 1.63 bits per heavy atom. The topological polar surface area (TPSA) is 105 Å². The Labute approximate surface area is 208 Å². The molecule has 0 spiro atoms. The van der Waals surface area contributed by atoms with E-state index in [2.05, 4.69) is 34.9 Å². The van der Waals surface area contributed by atoms with E-state index in [0.717, 1.165) is 16.0 Å². The van der Waals surface area contributed by atoms with Crippen LogP contribution < -0.4 is 10.6 Å². The fraction of sp³-hybridized carbons (Fsp3) is 0.296. The number of amides is 2. The summed E-state index contributed by atoms with van der Waals surface area (Å²) >= 11 is 1.40. The first-order chi connectivity index (χ1) is 16.9. The van der Waals surface area contributed by atoms with Crippen molar-refractivity contribution in [2.75, 3.05) is 6.61 Å². The second-order valence-corrected chi connectivity index (χ2v) is 9.62. The fourth-order valence-corrected chi connectivity index (χ4v) is 5.19. The quantitative estimate of drug-likeness (QED) is 0.366. The number of carbonyl (C=O) groups is 3. The van der Waals surface area contributed by atoms with Crippen LogP contribution in [0.1, 0.15) is 54.1 Å². The molecule has 0 saturated heterocycles. The zero-order valence-corrected chi connectivity index (χ0v) is 20.2. The van der Waals surface area contributed by atoms with Crippen LogP contribution in [0.25, 0.3) is 11.1 Å². The first-order valence-electron chi connectivity index (χ1n) is 11.6. The Kier molecular flexibility index (Phi) is 7.82. The van der Waals surface area contributed by atoms with Gasteiger partial charge in [0.25, 0.3) is 0 Å². The number of hydrogen-bond acceptors (Lipinski definition) is 5. The number of alkyl carbamates (subject to hydrolysis) is 1. The molecule has 2 atom stereocenters. The summed E-state index contributed by atoms with van der Waals surface area (Å²) in [5.41, 5.74) is 4.63. The highest BCUT2D eigenvalue weighted by Crippen LogP contribution is 2.44. The third kappa shape index (κ3) is 6.08. The molecule has 1 aliphatic carbocycles. The third-order valence-corrected chi connectivity index (χ3v) is 7.10. The summed E-state index contributed by atoms with van der Waals surface area (Å²) in [7, 11) is 0. The van der Waals surface area contributed by atoms with Crippen molar-refractivity contribution in [1.29, 1.82) is 0 Å². The van der Waals surface area contributed by atoms with Crippen LogP contribution in [0.4, 0.5) is 4.79 Å². The molecule has 0 radical (unpaired) electrons. The van der Waals surface area contributed by atoms with Crippen molar-refractivity contribution in [3.63, 3.8) is 0 Å². The van der Waals surface area contributed by atoms with Crippen molar-refractivity contribution < 1.29 is 24.2 Å². The van der Waals surface area contributed by atoms with Crippen LogP contribution in [0.3, 0.4) is 0 Å². The number of rotatable bonds is 10. The fourth-order valence-electron chi connectivity index (χ4n) is 4.41. The van der Waals surface area contributed by atoms with E-state index in [0.29, 0.717) is 6.42 Å². The number of hydrogen-bond donors (Lipinski definition) is 3. The monoisotopic (exact) mass is 492 g/mol. The van der Waals surface area contributed by atoms with Crippen LogP contribution in [-0.4, -0.2) is 35.7 Å². The number of carbonyl (C=O) groups excluding carboxylic acids is 2. The molecule has 182 valence electrons. The molecule has 1 aliphatic rings. The van der Waals surface area contributed by atoms with Gasteiger partial charge in [0.15, 0.2) is 0 Å². The van der Waals surface area contributed by atoms with E-state index in [1.807, 2.05) is 42.6 Å². The Hall–Kier alpha value is -3.65. The molecule has 0 fully saturated rings. The van der Waals surface area contributed by atoms with Crippen LogP contribution in [0, 0.1) is 0 Å². The predicted octanol–water partition coefficient (Wildman–Crippen LogP) is 5.09. The molecule has 1 aromatic heterocycles. The highest BCUT2D eigenvalue weighted by Gasteiger charge is 2.29. The maximum atomic E-state index is 12.4. The molecule has 3 aromatic rings. The van der Waals surface area contributed by atoms with Crippen molar-refractivity contribution in [3.8, 4) is 11.1 Å². The predicted molar refractivity (Wildman–Crippen MR) is 134 cm³/mol. The van der Waals surface area contributed by atoms with Gasteiger partial charge in [-0.15, -0.1) is 11.3 Å². The SMILES string of the molecule is CC(CCC(=O)NC(CC(=O)O)c1cccs1)NC(=O)OCC1c2ccccc2-c2ccccc21. The van der Waals surface area contributed by atoms with Gasteiger partial charge < -0.3 is 20.5 Å². The number of carboxylic acid groups (broad SMARTS) is 1. The number of benzene rings is 2. The Bertz CT molecular complexity index is 1150. The van der Waals surface area contributed by atoms with E-state index in [1.54, 1.807) is 6.07 Å². The zero-order valence-electron chi connectivity index (χ0n) is 19.4. The summed E-state index contributed by atoms with van der Waals surface area (Å²) in [4.78, 5) is 36.8. The van der Waals surface area contributed by atoms with Gasteiger partial charge in [0.2, 0.25) is 5.91 Å². The van der Waals surface area contributed by atoms with E-state index >= 15 is 0 Å². The second-order valence-electron chi connectivity index (χ2n) is 8.64. The normalized spacial score (nSPS) is 13.9. The van der Waals surface area contributed by atoms with Gasteiger partial charge in [-0.2, -0.15) is 0 Å². The molecule has 2 aromatic carbocycles. The summed E-state index contributed by atoms with van der Waals surface area (Å²) in [5.74, 6) is -1.25. The van der Waals surface area contributed by atoms with Gasteiger partial charge in [-0.3, -0.25) is 9.59 Å². The minimum absolute atomic E-state index is 0.0161. The van der Waals surface area contributed by atoms with E-state index in [1.165, 1.54) is 22.5 Å². The van der Waals surface area contributed by atoms with E-state index in [-0.39, 0.29) is 37.3 Å². The number of fused-ring (bicyclic) bond motifs is 3. The number of thiophene rings is 1. The number of carboxylic acids is 1. The van der Waals surface area contributed by atoms with Crippen molar-refractivity contribution in [2.24, 2.45) is 0 Å². The minimum atomic E-state index is -0.978. The molecule has 8 heteroatoms. The lowest BCUT2D eigenvalue weighted by molar-refractivity contribution is -0.137. The molecule has 1 heterocycles. The van der Waals surface area contributed by atoms with Gasteiger partial charge in [0.05, 0.1) is 12.5 Å². The first kappa shape index (κ1) is 24.5. The third-order valence-electron chi connectivity index (χ3n) is 6.11. The van der Waals surface area contributed by atoms with E-state index in [4.69, 9.17) is 9.84 Å². The Balaban J connectivity index is 1.25. The molecular weight excluding hydrogens is 464 g/mol. The standard InChI is InChI=1S/C27H28N2O5S/c1-17(12-13-25(30)29-23(15-26(31)32)24-11-6-14-35-24)28-27(33)34-16-22-20-9-4-2-7-18(20)19-8-3-5-10-21(19)22/h2-11,14,17,22-23H,12-13,15-16H2,1H3,(H,28,33)(H,29,30)(H,31,32). The summed E-state index contributed by atoms with van der Waals surface area (Å²) in [6, 6.07) is 19.1. The lowest BCUT2D eigenvalue weighted by atomic mass is 9.98. The molecule has 4 rings (SSSR count). The van der Waals surface area contributed by atoms with Crippen molar-refractivity contribution in [3.05, 3.63) is 82.0 Å². The Morgan fingerprint density at radius 1 is 0.971 bits per heavy atom. The average Bonchev–Trinajstić information content (AvgIpc) is 3.48. The van der Waals surface area contributed by atoms with E-state index in [9.17, 15) is 14.4 Å². The maximum Gasteiger partial charge on any atom is 0.407 e. The van der Waals surface area contributed by atoms with Gasteiger partial charge in [0.1, 0.15) is 6.61 Å². The molecule has 0 bridgehead atoms. The summed E-state index contributed by atoms with van der Waals surface area (Å²) in [5, 5.41) is 16.6. The molecule has 35 heavy (non-hydrogen) atoms. The molecule has 0 saturated carbocycles. The molecular formula is C27H28N2O5S. The largest absolute Gasteiger partial charge is 0.481 e. The van der Waals surface area contributed by atoms with Gasteiger partial charge in [-0.05, 0) is 47.0 Å². The molecule has 2 amide bonds. The van der Waals surface area contributed by atoms with Gasteiger partial charge in [0, 0.05) is 23.3 Å². The van der Waals surface area contributed by atoms with Gasteiger partial charge >= 0.3 is 12.1 Å². The Morgan fingerprint density at radius 3 is 2.23 bits per heavy atom. The van der Waals surface area contributed by atoms with Crippen molar-refractivity contribution >= 4 is 29.3 Å². The van der Waals surface area contributed by atoms with Gasteiger partial charge in [-0.1, -0.05) is 54.6 Å². The highest BCUT2D eigenvalue weighted by molar-refractivity contribution is 7.10. The lowest BCUT2D eigenvalue weighted by Gasteiger charge is -2.18. The van der Waals surface area contributed by atoms with Crippen LogP contribution in [0.5, 0.6) is 0 Å². The smallest absolute Gasteiger partial charge is 0.407 e. The van der Waals surface area contributed by atoms with Gasteiger partial charge in [-0.25, -0.2) is 4.79 Å². The lowest BCUT2D eigenvalue weighted by Crippen LogP contribution is -2.36. The maximum absolute atomic E-state index is 12.4. The average molecular weight is 493 g/mol. The van der Waals surface area contributed by atoms with E-state index < -0.39 is 18.1 Å². The van der Waals surface area contributed by atoms with Crippen LogP contribution in [-0.2, 0) is 14.3 Å². The minimum Gasteiger partial charge on any atom is -0.481 e. The van der Waals surface area contributed by atoms with Crippen molar-refractivity contribution in [2.45, 2.75) is 44.2 Å². The number of aliphatic carboxylic acids is 1. The molecule has 3 N–H and O–H groups in total. The molecule has 0 aliphatic heterocycles. The second kappa shape index (κ2) is 11.2.